The summed E-state index contributed by atoms with van der Waals surface area (Å²) in [6.07, 6.45) is 1.77. The molecule has 0 fully saturated rings. The van der Waals surface area contributed by atoms with E-state index in [0.717, 1.165) is 11.1 Å². The summed E-state index contributed by atoms with van der Waals surface area (Å²) in [7, 11) is 0. The summed E-state index contributed by atoms with van der Waals surface area (Å²) < 4.78 is 0. The molecule has 94 valence electrons. The number of amides is 1. The lowest BCUT2D eigenvalue weighted by molar-refractivity contribution is 0.0911. The first kappa shape index (κ1) is 12.4. The second-order valence-corrected chi connectivity index (χ2v) is 4.21. The van der Waals surface area contributed by atoms with E-state index in [0.29, 0.717) is 5.69 Å². The van der Waals surface area contributed by atoms with Gasteiger partial charge < -0.3 is 15.4 Å². The van der Waals surface area contributed by atoms with Crippen molar-refractivity contribution in [2.75, 3.05) is 6.61 Å². The van der Waals surface area contributed by atoms with Gasteiger partial charge in [0.15, 0.2) is 0 Å². The molecule has 2 aromatic rings. The highest BCUT2D eigenvalue weighted by atomic mass is 16.3. The molecule has 0 aliphatic rings. The summed E-state index contributed by atoms with van der Waals surface area (Å²) >= 11 is 0. The fourth-order valence-corrected chi connectivity index (χ4v) is 1.79. The summed E-state index contributed by atoms with van der Waals surface area (Å²) in [4.78, 5) is 14.8. The van der Waals surface area contributed by atoms with E-state index in [1.54, 1.807) is 12.3 Å². The molecule has 1 heterocycles. The van der Waals surface area contributed by atoms with Crippen LogP contribution in [0.4, 0.5) is 0 Å². The van der Waals surface area contributed by atoms with Gasteiger partial charge in [-0.25, -0.2) is 0 Å². The predicted octanol–water partition coefficient (Wildman–Crippen LogP) is 1.79. The van der Waals surface area contributed by atoms with Gasteiger partial charge in [0.1, 0.15) is 5.69 Å². The van der Waals surface area contributed by atoms with Crippen molar-refractivity contribution >= 4 is 5.91 Å². The van der Waals surface area contributed by atoms with E-state index >= 15 is 0 Å². The molecule has 0 radical (unpaired) electrons. The minimum absolute atomic E-state index is 0.130. The summed E-state index contributed by atoms with van der Waals surface area (Å²) in [6.45, 7) is 1.78. The molecule has 1 unspecified atom stereocenters. The second-order valence-electron chi connectivity index (χ2n) is 4.21. The molecule has 1 atom stereocenters. The van der Waals surface area contributed by atoms with E-state index in [1.807, 2.05) is 37.3 Å². The Labute approximate surface area is 106 Å². The quantitative estimate of drug-likeness (QED) is 0.767. The minimum Gasteiger partial charge on any atom is -0.394 e. The SMILES string of the molecule is Cc1c[nH]c(C(=O)NC(CO)c2ccccc2)c1. The van der Waals surface area contributed by atoms with E-state index in [1.165, 1.54) is 0 Å². The monoisotopic (exact) mass is 244 g/mol. The zero-order valence-electron chi connectivity index (χ0n) is 10.2. The molecule has 0 spiro atoms. The summed E-state index contributed by atoms with van der Waals surface area (Å²) in [6, 6.07) is 10.8. The van der Waals surface area contributed by atoms with Crippen molar-refractivity contribution in [1.29, 1.82) is 0 Å². The molecule has 1 aromatic carbocycles. The molecule has 0 aliphatic heterocycles. The van der Waals surface area contributed by atoms with E-state index in [4.69, 9.17) is 0 Å². The lowest BCUT2D eigenvalue weighted by atomic mass is 10.1. The number of aliphatic hydroxyl groups is 1. The number of rotatable bonds is 4. The Morgan fingerprint density at radius 2 is 2.11 bits per heavy atom. The number of aliphatic hydroxyl groups excluding tert-OH is 1. The Morgan fingerprint density at radius 3 is 2.67 bits per heavy atom. The molecule has 4 nitrogen and oxygen atoms in total. The van der Waals surface area contributed by atoms with Gasteiger partial charge in [-0.15, -0.1) is 0 Å². The van der Waals surface area contributed by atoms with Gasteiger partial charge in [0.2, 0.25) is 0 Å². The van der Waals surface area contributed by atoms with Crippen LogP contribution in [0.25, 0.3) is 0 Å². The highest BCUT2D eigenvalue weighted by Crippen LogP contribution is 2.12. The fourth-order valence-electron chi connectivity index (χ4n) is 1.79. The standard InChI is InChI=1S/C14H16N2O2/c1-10-7-12(15-8-10)14(18)16-13(9-17)11-5-3-2-4-6-11/h2-8,13,15,17H,9H2,1H3,(H,16,18). The number of carbonyl (C=O) groups excluding carboxylic acids is 1. The normalized spacial score (nSPS) is 12.1. The second kappa shape index (κ2) is 5.51. The Bertz CT molecular complexity index is 520. The van der Waals surface area contributed by atoms with Gasteiger partial charge in [0, 0.05) is 6.20 Å². The van der Waals surface area contributed by atoms with Gasteiger partial charge in [-0.2, -0.15) is 0 Å². The van der Waals surface area contributed by atoms with E-state index < -0.39 is 0 Å². The average molecular weight is 244 g/mol. The van der Waals surface area contributed by atoms with Crippen LogP contribution >= 0.6 is 0 Å². The molecule has 0 saturated heterocycles. The number of aryl methyl sites for hydroxylation is 1. The van der Waals surface area contributed by atoms with E-state index in [2.05, 4.69) is 10.3 Å². The van der Waals surface area contributed by atoms with Crippen LogP contribution in [0.3, 0.4) is 0 Å². The number of benzene rings is 1. The van der Waals surface area contributed by atoms with Crippen molar-refractivity contribution in [3.05, 3.63) is 59.4 Å². The lowest BCUT2D eigenvalue weighted by Crippen LogP contribution is -2.30. The molecule has 0 aliphatic carbocycles. The number of nitrogens with one attached hydrogen (secondary N) is 2. The predicted molar refractivity (Wildman–Crippen MR) is 69.3 cm³/mol. The molecule has 1 amide bonds. The zero-order chi connectivity index (χ0) is 13.0. The number of aromatic nitrogens is 1. The summed E-state index contributed by atoms with van der Waals surface area (Å²) in [5, 5.41) is 12.1. The van der Waals surface area contributed by atoms with Crippen molar-refractivity contribution in [3.63, 3.8) is 0 Å². The Morgan fingerprint density at radius 1 is 1.39 bits per heavy atom. The smallest absolute Gasteiger partial charge is 0.268 e. The van der Waals surface area contributed by atoms with Crippen molar-refractivity contribution < 1.29 is 9.90 Å². The molecular formula is C14H16N2O2. The third-order valence-electron chi connectivity index (χ3n) is 2.76. The van der Waals surface area contributed by atoms with Crippen molar-refractivity contribution in [1.82, 2.24) is 10.3 Å². The average Bonchev–Trinajstić information content (AvgIpc) is 2.83. The van der Waals surface area contributed by atoms with Crippen LogP contribution < -0.4 is 5.32 Å². The summed E-state index contributed by atoms with van der Waals surface area (Å²) in [5.74, 6) is -0.217. The van der Waals surface area contributed by atoms with Crippen LogP contribution in [0, 0.1) is 6.92 Å². The minimum atomic E-state index is -0.387. The third-order valence-corrected chi connectivity index (χ3v) is 2.76. The molecule has 4 heteroatoms. The topological polar surface area (TPSA) is 65.1 Å². The molecular weight excluding hydrogens is 228 g/mol. The van der Waals surface area contributed by atoms with Gasteiger partial charge in [-0.3, -0.25) is 4.79 Å². The van der Waals surface area contributed by atoms with Gasteiger partial charge in [-0.05, 0) is 24.1 Å². The number of hydrogen-bond acceptors (Lipinski definition) is 2. The van der Waals surface area contributed by atoms with Crippen LogP contribution in [0.15, 0.2) is 42.6 Å². The first-order valence-corrected chi connectivity index (χ1v) is 5.82. The highest BCUT2D eigenvalue weighted by Gasteiger charge is 2.15. The van der Waals surface area contributed by atoms with Gasteiger partial charge >= 0.3 is 0 Å². The third kappa shape index (κ3) is 2.78. The van der Waals surface area contributed by atoms with Gasteiger partial charge in [0.05, 0.1) is 12.6 Å². The first-order valence-electron chi connectivity index (χ1n) is 5.82. The highest BCUT2D eigenvalue weighted by molar-refractivity contribution is 5.92. The molecule has 2 rings (SSSR count). The Hall–Kier alpha value is -2.07. The van der Waals surface area contributed by atoms with Gasteiger partial charge in [-0.1, -0.05) is 30.3 Å². The molecule has 1 aromatic heterocycles. The van der Waals surface area contributed by atoms with Gasteiger partial charge in [0.25, 0.3) is 5.91 Å². The maximum Gasteiger partial charge on any atom is 0.268 e. The Kier molecular flexibility index (Phi) is 3.79. The lowest BCUT2D eigenvalue weighted by Gasteiger charge is -2.16. The van der Waals surface area contributed by atoms with Crippen molar-refractivity contribution in [2.24, 2.45) is 0 Å². The van der Waals surface area contributed by atoms with Crippen LogP contribution in [-0.4, -0.2) is 22.6 Å². The summed E-state index contributed by atoms with van der Waals surface area (Å²) in [5.41, 5.74) is 2.39. The first-order chi connectivity index (χ1) is 8.70. The zero-order valence-corrected chi connectivity index (χ0v) is 10.2. The molecule has 0 bridgehead atoms. The maximum atomic E-state index is 11.9. The van der Waals surface area contributed by atoms with Crippen LogP contribution in [0.1, 0.15) is 27.7 Å². The number of H-pyrrole nitrogens is 1. The van der Waals surface area contributed by atoms with E-state index in [-0.39, 0.29) is 18.6 Å². The molecule has 0 saturated carbocycles. The van der Waals surface area contributed by atoms with Crippen LogP contribution in [0.2, 0.25) is 0 Å². The number of hydrogen-bond donors (Lipinski definition) is 3. The van der Waals surface area contributed by atoms with Crippen molar-refractivity contribution in [2.45, 2.75) is 13.0 Å². The number of aromatic amines is 1. The van der Waals surface area contributed by atoms with E-state index in [9.17, 15) is 9.90 Å². The molecule has 18 heavy (non-hydrogen) atoms. The fraction of sp³-hybridized carbons (Fsp3) is 0.214. The largest absolute Gasteiger partial charge is 0.394 e. The maximum absolute atomic E-state index is 11.9. The Balaban J connectivity index is 2.10. The molecule has 3 N–H and O–H groups in total. The van der Waals surface area contributed by atoms with Crippen LogP contribution in [-0.2, 0) is 0 Å². The van der Waals surface area contributed by atoms with Crippen molar-refractivity contribution in [3.8, 4) is 0 Å². The van der Waals surface area contributed by atoms with Crippen LogP contribution in [0.5, 0.6) is 0 Å². The number of carbonyl (C=O) groups is 1.